The number of hydrogen-bond donors (Lipinski definition) is 1. The van der Waals surface area contributed by atoms with E-state index in [1.54, 1.807) is 6.92 Å². The summed E-state index contributed by atoms with van der Waals surface area (Å²) in [6, 6.07) is 1.38. The van der Waals surface area contributed by atoms with E-state index in [4.69, 9.17) is 4.74 Å². The minimum absolute atomic E-state index is 0.189. The van der Waals surface area contributed by atoms with E-state index in [2.05, 4.69) is 18.8 Å². The number of aryl methyl sites for hydroxylation is 1. The fourth-order valence-electron chi connectivity index (χ4n) is 1.27. The lowest BCUT2D eigenvalue weighted by Gasteiger charge is -2.10. The quantitative estimate of drug-likeness (QED) is 0.757. The van der Waals surface area contributed by atoms with Crippen LogP contribution in [0.15, 0.2) is 15.7 Å². The molecule has 0 aromatic carbocycles. The zero-order valence-electron chi connectivity index (χ0n) is 9.95. The third-order valence-electron chi connectivity index (χ3n) is 2.30. The van der Waals surface area contributed by atoms with E-state index in [-0.39, 0.29) is 12.3 Å². The van der Waals surface area contributed by atoms with Gasteiger partial charge in [-0.15, -0.1) is 0 Å². The van der Waals surface area contributed by atoms with Crippen molar-refractivity contribution in [1.29, 1.82) is 0 Å². The molecule has 90 valence electrons. The molecule has 1 N–H and O–H groups in total. The molecule has 0 saturated carbocycles. The highest BCUT2D eigenvalue weighted by atomic mass is 16.5. The standard InChI is InChI=1S/C11H18N2O3/c1-8(2)4-5-16-7-13-9(3)6-10(14)12-11(13)15/h6,8H,4-5,7H2,1-3H3,(H,12,14,15). The Bertz CT molecular complexity index is 445. The minimum Gasteiger partial charge on any atom is -0.361 e. The maximum absolute atomic E-state index is 11.4. The van der Waals surface area contributed by atoms with Crippen LogP contribution in [0.25, 0.3) is 0 Å². The first-order valence-electron chi connectivity index (χ1n) is 5.39. The summed E-state index contributed by atoms with van der Waals surface area (Å²) in [6.07, 6.45) is 0.956. The molecule has 0 atom stereocenters. The van der Waals surface area contributed by atoms with Gasteiger partial charge in [0.05, 0.1) is 0 Å². The average Bonchev–Trinajstić information content (AvgIpc) is 2.14. The molecule has 0 amide bonds. The molecular weight excluding hydrogens is 208 g/mol. The van der Waals surface area contributed by atoms with Gasteiger partial charge < -0.3 is 4.74 Å². The second-order valence-electron chi connectivity index (χ2n) is 4.23. The van der Waals surface area contributed by atoms with Crippen molar-refractivity contribution in [2.45, 2.75) is 33.9 Å². The van der Waals surface area contributed by atoms with Crippen LogP contribution >= 0.6 is 0 Å². The van der Waals surface area contributed by atoms with Gasteiger partial charge in [-0.25, -0.2) is 4.79 Å². The lowest BCUT2D eigenvalue weighted by molar-refractivity contribution is 0.0648. The maximum Gasteiger partial charge on any atom is 0.330 e. The Labute approximate surface area is 94.1 Å². The Morgan fingerprint density at radius 1 is 1.44 bits per heavy atom. The van der Waals surface area contributed by atoms with E-state index in [1.807, 2.05) is 0 Å². The molecule has 1 heterocycles. The zero-order valence-corrected chi connectivity index (χ0v) is 9.95. The number of aromatic amines is 1. The molecule has 0 bridgehead atoms. The Morgan fingerprint density at radius 2 is 2.12 bits per heavy atom. The van der Waals surface area contributed by atoms with Crippen LogP contribution in [-0.4, -0.2) is 16.2 Å². The number of aromatic nitrogens is 2. The van der Waals surface area contributed by atoms with Crippen molar-refractivity contribution in [2.75, 3.05) is 6.61 Å². The first kappa shape index (κ1) is 12.7. The molecule has 5 nitrogen and oxygen atoms in total. The molecule has 0 aliphatic heterocycles. The van der Waals surface area contributed by atoms with Crippen LogP contribution in [0.5, 0.6) is 0 Å². The van der Waals surface area contributed by atoms with Crippen LogP contribution in [-0.2, 0) is 11.5 Å². The molecule has 1 rings (SSSR count). The van der Waals surface area contributed by atoms with Crippen molar-refractivity contribution in [3.8, 4) is 0 Å². The molecule has 0 fully saturated rings. The van der Waals surface area contributed by atoms with Gasteiger partial charge in [-0.3, -0.25) is 14.3 Å². The minimum atomic E-state index is -0.422. The van der Waals surface area contributed by atoms with E-state index in [9.17, 15) is 9.59 Å². The lowest BCUT2D eigenvalue weighted by atomic mass is 10.1. The maximum atomic E-state index is 11.4. The van der Waals surface area contributed by atoms with Gasteiger partial charge in [-0.2, -0.15) is 0 Å². The molecule has 0 saturated heterocycles. The van der Waals surface area contributed by atoms with Crippen LogP contribution in [0, 0.1) is 12.8 Å². The highest BCUT2D eigenvalue weighted by Gasteiger charge is 2.02. The summed E-state index contributed by atoms with van der Waals surface area (Å²) < 4.78 is 6.78. The Balaban J connectivity index is 2.61. The number of ether oxygens (including phenoxy) is 1. The van der Waals surface area contributed by atoms with Crippen molar-refractivity contribution in [1.82, 2.24) is 9.55 Å². The van der Waals surface area contributed by atoms with Crippen molar-refractivity contribution < 1.29 is 4.74 Å². The van der Waals surface area contributed by atoms with E-state index < -0.39 is 5.69 Å². The predicted molar refractivity (Wildman–Crippen MR) is 61.5 cm³/mol. The third-order valence-corrected chi connectivity index (χ3v) is 2.30. The lowest BCUT2D eigenvalue weighted by Crippen LogP contribution is -2.31. The van der Waals surface area contributed by atoms with Crippen LogP contribution in [0.4, 0.5) is 0 Å². The summed E-state index contributed by atoms with van der Waals surface area (Å²) >= 11 is 0. The van der Waals surface area contributed by atoms with Gasteiger partial charge in [0, 0.05) is 18.4 Å². The van der Waals surface area contributed by atoms with E-state index in [0.29, 0.717) is 18.2 Å². The molecule has 5 heteroatoms. The second-order valence-corrected chi connectivity index (χ2v) is 4.23. The van der Waals surface area contributed by atoms with Gasteiger partial charge in [-0.05, 0) is 19.3 Å². The van der Waals surface area contributed by atoms with Crippen LogP contribution in [0.2, 0.25) is 0 Å². The Kier molecular flexibility index (Phi) is 4.49. The monoisotopic (exact) mass is 226 g/mol. The summed E-state index contributed by atoms with van der Waals surface area (Å²) in [4.78, 5) is 24.6. The van der Waals surface area contributed by atoms with Gasteiger partial charge in [0.25, 0.3) is 5.56 Å². The van der Waals surface area contributed by atoms with Crippen LogP contribution < -0.4 is 11.2 Å². The van der Waals surface area contributed by atoms with Crippen molar-refractivity contribution in [2.24, 2.45) is 5.92 Å². The van der Waals surface area contributed by atoms with Gasteiger partial charge in [-0.1, -0.05) is 13.8 Å². The molecule has 0 radical (unpaired) electrons. The molecule has 0 unspecified atom stereocenters. The SMILES string of the molecule is Cc1cc(=O)[nH]c(=O)n1COCCC(C)C. The predicted octanol–water partition coefficient (Wildman–Crippen LogP) is 0.865. The number of nitrogens with one attached hydrogen (secondary N) is 1. The van der Waals surface area contributed by atoms with Crippen molar-refractivity contribution in [3.63, 3.8) is 0 Å². The number of nitrogens with zero attached hydrogens (tertiary/aromatic N) is 1. The van der Waals surface area contributed by atoms with Gasteiger partial charge in [0.1, 0.15) is 6.73 Å². The molecule has 0 aliphatic carbocycles. The number of rotatable bonds is 5. The third kappa shape index (κ3) is 3.66. The first-order chi connectivity index (χ1) is 7.50. The van der Waals surface area contributed by atoms with Gasteiger partial charge in [0.15, 0.2) is 0 Å². The normalized spacial score (nSPS) is 11.0. The molecule has 16 heavy (non-hydrogen) atoms. The number of hydrogen-bond acceptors (Lipinski definition) is 3. The highest BCUT2D eigenvalue weighted by molar-refractivity contribution is 4.97. The largest absolute Gasteiger partial charge is 0.361 e. The molecule has 0 aliphatic rings. The molecule has 0 spiro atoms. The van der Waals surface area contributed by atoms with Crippen LogP contribution in [0.1, 0.15) is 26.0 Å². The summed E-state index contributed by atoms with van der Waals surface area (Å²) in [6.45, 7) is 6.74. The van der Waals surface area contributed by atoms with Gasteiger partial charge in [0.2, 0.25) is 0 Å². The van der Waals surface area contributed by atoms with Crippen LogP contribution in [0.3, 0.4) is 0 Å². The zero-order chi connectivity index (χ0) is 12.1. The summed E-state index contributed by atoms with van der Waals surface area (Å²) in [5, 5.41) is 0. The van der Waals surface area contributed by atoms with E-state index >= 15 is 0 Å². The van der Waals surface area contributed by atoms with Crippen molar-refractivity contribution >= 4 is 0 Å². The highest BCUT2D eigenvalue weighted by Crippen LogP contribution is 1.99. The summed E-state index contributed by atoms with van der Waals surface area (Å²) in [7, 11) is 0. The van der Waals surface area contributed by atoms with Gasteiger partial charge >= 0.3 is 5.69 Å². The fraction of sp³-hybridized carbons (Fsp3) is 0.636. The fourth-order valence-corrected chi connectivity index (χ4v) is 1.27. The molecule has 1 aromatic heterocycles. The Hall–Kier alpha value is -1.36. The molecular formula is C11H18N2O3. The van der Waals surface area contributed by atoms with E-state index in [1.165, 1.54) is 10.6 Å². The number of H-pyrrole nitrogens is 1. The first-order valence-corrected chi connectivity index (χ1v) is 5.39. The topological polar surface area (TPSA) is 64.1 Å². The smallest absolute Gasteiger partial charge is 0.330 e. The molecule has 1 aromatic rings. The summed E-state index contributed by atoms with van der Waals surface area (Å²) in [5.41, 5.74) is -0.186. The Morgan fingerprint density at radius 3 is 2.69 bits per heavy atom. The van der Waals surface area contributed by atoms with E-state index in [0.717, 1.165) is 6.42 Å². The second kappa shape index (κ2) is 5.65. The average molecular weight is 226 g/mol. The summed E-state index contributed by atoms with van der Waals surface area (Å²) in [5.74, 6) is 0.577. The van der Waals surface area contributed by atoms with Crippen molar-refractivity contribution in [3.05, 3.63) is 32.6 Å².